The van der Waals surface area contributed by atoms with E-state index in [4.69, 9.17) is 14.2 Å². The third-order valence-corrected chi connectivity index (χ3v) is 3.39. The highest BCUT2D eigenvalue weighted by atomic mass is 16.5. The number of hydrogen-bond acceptors (Lipinski definition) is 4. The lowest BCUT2D eigenvalue weighted by atomic mass is 10.1. The van der Waals surface area contributed by atoms with Gasteiger partial charge in [-0.1, -0.05) is 13.8 Å². The third-order valence-electron chi connectivity index (χ3n) is 3.39. The minimum absolute atomic E-state index is 0.106. The quantitative estimate of drug-likeness (QED) is 0.441. The summed E-state index contributed by atoms with van der Waals surface area (Å²) in [6.07, 6.45) is 5.13. The number of hydrogen-bond donors (Lipinski definition) is 1. The van der Waals surface area contributed by atoms with Gasteiger partial charge in [0, 0.05) is 46.0 Å². The van der Waals surface area contributed by atoms with E-state index in [2.05, 4.69) is 26.1 Å². The van der Waals surface area contributed by atoms with E-state index in [9.17, 15) is 4.79 Å². The molecule has 0 atom stereocenters. The van der Waals surface area contributed by atoms with E-state index in [1.165, 1.54) is 0 Å². The van der Waals surface area contributed by atoms with Gasteiger partial charge < -0.3 is 19.5 Å². The van der Waals surface area contributed by atoms with Gasteiger partial charge in [-0.05, 0) is 46.0 Å². The molecule has 0 aliphatic carbocycles. The fourth-order valence-electron chi connectivity index (χ4n) is 1.92. The first-order valence-electron chi connectivity index (χ1n) is 9.08. The van der Waals surface area contributed by atoms with Crippen LogP contribution in [0.25, 0.3) is 0 Å². The molecule has 0 aliphatic rings. The summed E-state index contributed by atoms with van der Waals surface area (Å²) in [6.45, 7) is 12.7. The average molecular weight is 331 g/mol. The highest BCUT2D eigenvalue weighted by molar-refractivity contribution is 5.75. The van der Waals surface area contributed by atoms with E-state index in [-0.39, 0.29) is 11.5 Å². The Labute approximate surface area is 142 Å². The van der Waals surface area contributed by atoms with Gasteiger partial charge in [0.25, 0.3) is 0 Å². The molecule has 138 valence electrons. The predicted octanol–water partition coefficient (Wildman–Crippen LogP) is 3.31. The largest absolute Gasteiger partial charge is 0.381 e. The lowest BCUT2D eigenvalue weighted by Crippen LogP contribution is -2.26. The third kappa shape index (κ3) is 16.0. The zero-order valence-electron chi connectivity index (χ0n) is 15.6. The van der Waals surface area contributed by atoms with E-state index in [0.29, 0.717) is 32.8 Å². The molecule has 1 amide bonds. The Balaban J connectivity index is 3.29. The van der Waals surface area contributed by atoms with Gasteiger partial charge in [-0.3, -0.25) is 4.79 Å². The molecule has 5 heteroatoms. The van der Waals surface area contributed by atoms with Crippen molar-refractivity contribution in [3.8, 4) is 0 Å². The molecular weight excluding hydrogens is 294 g/mol. The molecule has 0 bridgehead atoms. The second-order valence-corrected chi connectivity index (χ2v) is 6.39. The zero-order chi connectivity index (χ0) is 17.4. The van der Waals surface area contributed by atoms with Gasteiger partial charge in [0.1, 0.15) is 0 Å². The summed E-state index contributed by atoms with van der Waals surface area (Å²) >= 11 is 0. The van der Waals surface area contributed by atoms with E-state index in [1.807, 2.05) is 6.92 Å². The molecule has 0 radical (unpaired) electrons. The number of carbonyl (C=O) groups excluding carboxylic acids is 1. The fraction of sp³-hybridized carbons (Fsp3) is 0.944. The number of rotatable bonds is 16. The molecule has 0 aromatic rings. The lowest BCUT2D eigenvalue weighted by molar-refractivity contribution is -0.121. The number of nitrogens with one attached hydrogen (secondary N) is 1. The van der Waals surface area contributed by atoms with Crippen molar-refractivity contribution in [2.75, 3.05) is 39.6 Å². The van der Waals surface area contributed by atoms with Crippen LogP contribution >= 0.6 is 0 Å². The van der Waals surface area contributed by atoms with Crippen LogP contribution in [0.4, 0.5) is 0 Å². The first-order chi connectivity index (χ1) is 11.0. The van der Waals surface area contributed by atoms with Gasteiger partial charge in [0.05, 0.1) is 5.60 Å². The molecule has 0 aromatic heterocycles. The van der Waals surface area contributed by atoms with Crippen LogP contribution in [0, 0.1) is 0 Å². The Kier molecular flexibility index (Phi) is 14.5. The second-order valence-electron chi connectivity index (χ2n) is 6.39. The Morgan fingerprint density at radius 2 is 1.57 bits per heavy atom. The predicted molar refractivity (Wildman–Crippen MR) is 93.7 cm³/mol. The van der Waals surface area contributed by atoms with Crippen LogP contribution in [0.15, 0.2) is 0 Å². The maximum absolute atomic E-state index is 11.4. The Bertz CT molecular complexity index is 282. The molecular formula is C18H37NO4. The molecule has 1 N–H and O–H groups in total. The normalized spacial score (nSPS) is 11.7. The van der Waals surface area contributed by atoms with Gasteiger partial charge in [-0.2, -0.15) is 0 Å². The first kappa shape index (κ1) is 22.4. The fourth-order valence-corrected chi connectivity index (χ4v) is 1.92. The monoisotopic (exact) mass is 331 g/mol. The molecule has 0 saturated heterocycles. The maximum atomic E-state index is 11.4. The molecule has 0 aromatic carbocycles. The summed E-state index contributed by atoms with van der Waals surface area (Å²) in [6, 6.07) is 0. The van der Waals surface area contributed by atoms with Crippen LogP contribution in [0.2, 0.25) is 0 Å². The molecule has 5 nitrogen and oxygen atoms in total. The topological polar surface area (TPSA) is 56.8 Å². The molecule has 0 spiro atoms. The minimum Gasteiger partial charge on any atom is -0.381 e. The van der Waals surface area contributed by atoms with Crippen LogP contribution in [0.3, 0.4) is 0 Å². The molecule has 23 heavy (non-hydrogen) atoms. The zero-order valence-corrected chi connectivity index (χ0v) is 15.6. The van der Waals surface area contributed by atoms with Crippen LogP contribution < -0.4 is 5.32 Å². The summed E-state index contributed by atoms with van der Waals surface area (Å²) in [4.78, 5) is 11.4. The summed E-state index contributed by atoms with van der Waals surface area (Å²) in [7, 11) is 0. The van der Waals surface area contributed by atoms with Crippen molar-refractivity contribution in [1.29, 1.82) is 0 Å². The molecule has 0 rings (SSSR count). The van der Waals surface area contributed by atoms with E-state index >= 15 is 0 Å². The SMILES string of the molecule is CCCNC(=O)CCCOCCCOCCC(C)(C)OCCC. The Hall–Kier alpha value is -0.650. The Morgan fingerprint density at radius 3 is 2.22 bits per heavy atom. The average Bonchev–Trinajstić information content (AvgIpc) is 2.52. The molecule has 0 aliphatic heterocycles. The maximum Gasteiger partial charge on any atom is 0.220 e. The van der Waals surface area contributed by atoms with E-state index in [1.54, 1.807) is 0 Å². The number of carbonyl (C=O) groups is 1. The van der Waals surface area contributed by atoms with E-state index < -0.39 is 0 Å². The minimum atomic E-state index is -0.106. The summed E-state index contributed by atoms with van der Waals surface area (Å²) in [5.41, 5.74) is -0.106. The smallest absolute Gasteiger partial charge is 0.220 e. The number of amides is 1. The summed E-state index contributed by atoms with van der Waals surface area (Å²) in [5.74, 6) is 0.117. The van der Waals surface area contributed by atoms with Gasteiger partial charge in [-0.25, -0.2) is 0 Å². The number of ether oxygens (including phenoxy) is 3. The van der Waals surface area contributed by atoms with Gasteiger partial charge >= 0.3 is 0 Å². The first-order valence-corrected chi connectivity index (χ1v) is 9.08. The van der Waals surface area contributed by atoms with Crippen LogP contribution in [0.5, 0.6) is 0 Å². The van der Waals surface area contributed by atoms with Crippen molar-refractivity contribution in [2.24, 2.45) is 0 Å². The molecule has 0 saturated carbocycles. The summed E-state index contributed by atoms with van der Waals surface area (Å²) < 4.78 is 16.9. The van der Waals surface area contributed by atoms with Crippen molar-refractivity contribution in [1.82, 2.24) is 5.32 Å². The van der Waals surface area contributed by atoms with Gasteiger partial charge in [-0.15, -0.1) is 0 Å². The molecule has 0 fully saturated rings. The standard InChI is InChI=1S/C18H37NO4/c1-5-11-19-17(20)9-7-13-21-14-8-15-22-16-10-18(3,4)23-12-6-2/h5-16H2,1-4H3,(H,19,20). The van der Waals surface area contributed by atoms with Crippen molar-refractivity contribution in [2.45, 2.75) is 71.8 Å². The van der Waals surface area contributed by atoms with Crippen molar-refractivity contribution in [3.63, 3.8) is 0 Å². The highest BCUT2D eigenvalue weighted by Gasteiger charge is 2.17. The second kappa shape index (κ2) is 14.9. The van der Waals surface area contributed by atoms with Crippen molar-refractivity contribution in [3.05, 3.63) is 0 Å². The van der Waals surface area contributed by atoms with Crippen molar-refractivity contribution >= 4 is 5.91 Å². The van der Waals surface area contributed by atoms with E-state index in [0.717, 1.165) is 45.3 Å². The highest BCUT2D eigenvalue weighted by Crippen LogP contribution is 2.14. The molecule has 0 unspecified atom stereocenters. The molecule has 0 heterocycles. The lowest BCUT2D eigenvalue weighted by Gasteiger charge is -2.25. The summed E-state index contributed by atoms with van der Waals surface area (Å²) in [5, 5.41) is 2.86. The van der Waals surface area contributed by atoms with Crippen molar-refractivity contribution < 1.29 is 19.0 Å². The van der Waals surface area contributed by atoms with Gasteiger partial charge in [0.15, 0.2) is 0 Å². The Morgan fingerprint density at radius 1 is 0.913 bits per heavy atom. The van der Waals surface area contributed by atoms with Crippen LogP contribution in [0.1, 0.15) is 66.2 Å². The van der Waals surface area contributed by atoms with Gasteiger partial charge in [0.2, 0.25) is 5.91 Å². The van der Waals surface area contributed by atoms with Crippen LogP contribution in [-0.2, 0) is 19.0 Å². The van der Waals surface area contributed by atoms with Crippen LogP contribution in [-0.4, -0.2) is 51.1 Å².